The Labute approximate surface area is 118 Å². The van der Waals surface area contributed by atoms with E-state index in [-0.39, 0.29) is 5.91 Å². The summed E-state index contributed by atoms with van der Waals surface area (Å²) in [7, 11) is 1.82. The molecule has 5 nitrogen and oxygen atoms in total. The highest BCUT2D eigenvalue weighted by Crippen LogP contribution is 2.30. The van der Waals surface area contributed by atoms with E-state index in [1.165, 1.54) is 0 Å². The molecule has 1 aromatic carbocycles. The zero-order valence-corrected chi connectivity index (χ0v) is 11.5. The van der Waals surface area contributed by atoms with E-state index in [9.17, 15) is 4.79 Å². The lowest BCUT2D eigenvalue weighted by atomic mass is 10.1. The molecule has 1 saturated carbocycles. The number of benzene rings is 1. The first-order chi connectivity index (χ1) is 9.63. The number of nitrogen functional groups attached to an aromatic ring is 1. The Morgan fingerprint density at radius 3 is 2.90 bits per heavy atom. The van der Waals surface area contributed by atoms with Crippen molar-refractivity contribution in [1.82, 2.24) is 14.7 Å². The molecule has 2 aromatic rings. The van der Waals surface area contributed by atoms with Crippen molar-refractivity contribution in [1.29, 1.82) is 0 Å². The van der Waals surface area contributed by atoms with Crippen LogP contribution in [0.5, 0.6) is 0 Å². The quantitative estimate of drug-likeness (QED) is 0.862. The maximum atomic E-state index is 12.6. The molecular formula is C15H18N4O. The molecule has 1 amide bonds. The highest BCUT2D eigenvalue weighted by Gasteiger charge is 2.33. The van der Waals surface area contributed by atoms with Crippen molar-refractivity contribution in [2.75, 3.05) is 5.73 Å². The summed E-state index contributed by atoms with van der Waals surface area (Å²) in [6, 6.07) is 8.05. The molecule has 1 aromatic heterocycles. The second kappa shape index (κ2) is 5.00. The smallest absolute Gasteiger partial charge is 0.257 e. The van der Waals surface area contributed by atoms with Crippen molar-refractivity contribution in [2.45, 2.75) is 25.4 Å². The number of anilines is 1. The molecule has 3 rings (SSSR count). The van der Waals surface area contributed by atoms with Gasteiger partial charge in [-0.3, -0.25) is 9.48 Å². The molecular weight excluding hydrogens is 252 g/mol. The Kier molecular flexibility index (Phi) is 3.18. The van der Waals surface area contributed by atoms with Crippen molar-refractivity contribution < 1.29 is 4.79 Å². The Hall–Kier alpha value is -2.30. The van der Waals surface area contributed by atoms with Gasteiger partial charge in [0.25, 0.3) is 5.91 Å². The molecule has 0 aliphatic heterocycles. The number of carbonyl (C=O) groups is 1. The van der Waals surface area contributed by atoms with Crippen LogP contribution < -0.4 is 5.73 Å². The molecule has 0 bridgehead atoms. The Bertz CT molecular complexity index is 630. The molecule has 0 atom stereocenters. The van der Waals surface area contributed by atoms with Crippen molar-refractivity contribution >= 4 is 11.6 Å². The Morgan fingerprint density at radius 1 is 1.50 bits per heavy atom. The minimum absolute atomic E-state index is 0.0445. The van der Waals surface area contributed by atoms with Crippen LogP contribution in [0.2, 0.25) is 0 Å². The largest absolute Gasteiger partial charge is 0.399 e. The molecule has 0 saturated heterocycles. The molecule has 0 unspecified atom stereocenters. The number of hydrogen-bond donors (Lipinski definition) is 1. The first-order valence-corrected chi connectivity index (χ1v) is 6.77. The lowest BCUT2D eigenvalue weighted by Crippen LogP contribution is -2.32. The summed E-state index contributed by atoms with van der Waals surface area (Å²) in [5.74, 6) is 0.0445. The molecule has 5 heteroatoms. The SMILES string of the molecule is Cn1cc(C(=O)N(Cc2cccc(N)c2)C2CC2)cn1. The second-order valence-corrected chi connectivity index (χ2v) is 5.31. The zero-order chi connectivity index (χ0) is 14.1. The van der Waals surface area contributed by atoms with Crippen LogP contribution in [0.25, 0.3) is 0 Å². The standard InChI is InChI=1S/C15H18N4O/c1-18-10-12(8-17-18)15(20)19(14-5-6-14)9-11-3-2-4-13(16)7-11/h2-4,7-8,10,14H,5-6,9,16H2,1H3. The summed E-state index contributed by atoms with van der Waals surface area (Å²) in [6.07, 6.45) is 5.54. The lowest BCUT2D eigenvalue weighted by Gasteiger charge is -2.22. The third kappa shape index (κ3) is 2.66. The minimum Gasteiger partial charge on any atom is -0.399 e. The number of aromatic nitrogens is 2. The van der Waals surface area contributed by atoms with Crippen molar-refractivity contribution in [3.63, 3.8) is 0 Å². The third-order valence-electron chi connectivity index (χ3n) is 3.50. The van der Waals surface area contributed by atoms with E-state index in [1.54, 1.807) is 17.1 Å². The molecule has 104 valence electrons. The van der Waals surface area contributed by atoms with E-state index >= 15 is 0 Å². The van der Waals surface area contributed by atoms with Gasteiger partial charge in [-0.2, -0.15) is 5.10 Å². The summed E-state index contributed by atoms with van der Waals surface area (Å²) in [5.41, 5.74) is 8.23. The van der Waals surface area contributed by atoms with Gasteiger partial charge in [-0.25, -0.2) is 0 Å². The molecule has 0 radical (unpaired) electrons. The molecule has 1 aliphatic carbocycles. The number of nitrogens with two attached hydrogens (primary N) is 1. The Morgan fingerprint density at radius 2 is 2.30 bits per heavy atom. The van der Waals surface area contributed by atoms with Crippen LogP contribution in [0.1, 0.15) is 28.8 Å². The van der Waals surface area contributed by atoms with Gasteiger partial charge in [0.15, 0.2) is 0 Å². The Balaban J connectivity index is 1.81. The third-order valence-corrected chi connectivity index (χ3v) is 3.50. The molecule has 2 N–H and O–H groups in total. The zero-order valence-electron chi connectivity index (χ0n) is 11.5. The van der Waals surface area contributed by atoms with Crippen LogP contribution in [-0.4, -0.2) is 26.6 Å². The highest BCUT2D eigenvalue weighted by molar-refractivity contribution is 5.94. The van der Waals surface area contributed by atoms with Gasteiger partial charge < -0.3 is 10.6 Å². The number of carbonyl (C=O) groups excluding carboxylic acids is 1. The van der Waals surface area contributed by atoms with E-state index < -0.39 is 0 Å². The number of hydrogen-bond acceptors (Lipinski definition) is 3. The van der Waals surface area contributed by atoms with Crippen LogP contribution in [0, 0.1) is 0 Å². The van der Waals surface area contributed by atoms with Crippen molar-refractivity contribution in [2.24, 2.45) is 7.05 Å². The first kappa shape index (κ1) is 12.7. The van der Waals surface area contributed by atoms with Crippen LogP contribution >= 0.6 is 0 Å². The number of nitrogens with zero attached hydrogens (tertiary/aromatic N) is 3. The summed E-state index contributed by atoms with van der Waals surface area (Å²) in [5, 5.41) is 4.07. The maximum absolute atomic E-state index is 12.6. The van der Waals surface area contributed by atoms with Crippen LogP contribution in [-0.2, 0) is 13.6 Å². The number of aryl methyl sites for hydroxylation is 1. The van der Waals surface area contributed by atoms with Crippen molar-refractivity contribution in [3.05, 3.63) is 47.8 Å². The number of amides is 1. The fourth-order valence-electron chi connectivity index (χ4n) is 2.34. The van der Waals surface area contributed by atoms with Gasteiger partial charge in [0, 0.05) is 31.5 Å². The first-order valence-electron chi connectivity index (χ1n) is 6.77. The van der Waals surface area contributed by atoms with Gasteiger partial charge in [-0.1, -0.05) is 12.1 Å². The number of rotatable bonds is 4. The average molecular weight is 270 g/mol. The van der Waals surface area contributed by atoms with E-state index in [4.69, 9.17) is 5.73 Å². The molecule has 1 fully saturated rings. The molecule has 1 aliphatic rings. The lowest BCUT2D eigenvalue weighted by molar-refractivity contribution is 0.0730. The van der Waals surface area contributed by atoms with E-state index in [1.807, 2.05) is 36.2 Å². The van der Waals surface area contributed by atoms with Gasteiger partial charge in [-0.15, -0.1) is 0 Å². The normalized spacial score (nSPS) is 14.2. The van der Waals surface area contributed by atoms with Crippen LogP contribution in [0.3, 0.4) is 0 Å². The fraction of sp³-hybridized carbons (Fsp3) is 0.333. The monoisotopic (exact) mass is 270 g/mol. The maximum Gasteiger partial charge on any atom is 0.257 e. The summed E-state index contributed by atoms with van der Waals surface area (Å²) in [4.78, 5) is 14.5. The molecule has 1 heterocycles. The van der Waals surface area contributed by atoms with Gasteiger partial charge in [0.2, 0.25) is 0 Å². The summed E-state index contributed by atoms with van der Waals surface area (Å²) >= 11 is 0. The predicted octanol–water partition coefficient (Wildman–Crippen LogP) is 1.81. The highest BCUT2D eigenvalue weighted by atomic mass is 16.2. The van der Waals surface area contributed by atoms with Crippen LogP contribution in [0.4, 0.5) is 5.69 Å². The second-order valence-electron chi connectivity index (χ2n) is 5.31. The predicted molar refractivity (Wildman–Crippen MR) is 77.0 cm³/mol. The van der Waals surface area contributed by atoms with Crippen molar-refractivity contribution in [3.8, 4) is 0 Å². The van der Waals surface area contributed by atoms with E-state index in [0.29, 0.717) is 18.2 Å². The topological polar surface area (TPSA) is 64.2 Å². The molecule has 20 heavy (non-hydrogen) atoms. The van der Waals surface area contributed by atoms with Crippen LogP contribution in [0.15, 0.2) is 36.7 Å². The van der Waals surface area contributed by atoms with E-state index in [2.05, 4.69) is 5.10 Å². The minimum atomic E-state index is 0.0445. The summed E-state index contributed by atoms with van der Waals surface area (Å²) in [6.45, 7) is 0.601. The molecule has 0 spiro atoms. The van der Waals surface area contributed by atoms with Gasteiger partial charge >= 0.3 is 0 Å². The van der Waals surface area contributed by atoms with Gasteiger partial charge in [0.05, 0.1) is 11.8 Å². The average Bonchev–Trinajstić information content (AvgIpc) is 3.17. The van der Waals surface area contributed by atoms with Gasteiger partial charge in [-0.05, 0) is 30.5 Å². The summed E-state index contributed by atoms with van der Waals surface area (Å²) < 4.78 is 1.65. The van der Waals surface area contributed by atoms with Gasteiger partial charge in [0.1, 0.15) is 0 Å². The van der Waals surface area contributed by atoms with E-state index in [0.717, 1.165) is 24.1 Å². The fourth-order valence-corrected chi connectivity index (χ4v) is 2.34.